The molecule has 1 atom stereocenters. The van der Waals surface area contributed by atoms with Gasteiger partial charge in [-0.3, -0.25) is 14.9 Å². The molecule has 5 heteroatoms. The standard InChI is InChI=1S/C19H27N5/c1-3-24-12-6-8-16(24)13-22-19(20-2)23-14-18-17-9-5-4-7-15(17)10-11-21-18/h4-5,7,9-11,16H,3,6,8,12-14H2,1-2H3,(H2,20,22,23). The van der Waals surface area contributed by atoms with E-state index in [2.05, 4.69) is 56.7 Å². The number of hydrogen-bond acceptors (Lipinski definition) is 3. The van der Waals surface area contributed by atoms with E-state index in [9.17, 15) is 0 Å². The molecule has 0 radical (unpaired) electrons. The van der Waals surface area contributed by atoms with Gasteiger partial charge in [0.25, 0.3) is 0 Å². The average Bonchev–Trinajstić information content (AvgIpc) is 3.09. The van der Waals surface area contributed by atoms with Crippen molar-refractivity contribution in [1.29, 1.82) is 0 Å². The Hall–Kier alpha value is -2.14. The predicted molar refractivity (Wildman–Crippen MR) is 100 cm³/mol. The molecule has 0 saturated carbocycles. The van der Waals surface area contributed by atoms with Crippen LogP contribution in [0.2, 0.25) is 0 Å². The van der Waals surface area contributed by atoms with E-state index >= 15 is 0 Å². The van der Waals surface area contributed by atoms with Crippen LogP contribution in [0.4, 0.5) is 0 Å². The monoisotopic (exact) mass is 325 g/mol. The highest BCUT2D eigenvalue weighted by Crippen LogP contribution is 2.16. The fourth-order valence-electron chi connectivity index (χ4n) is 3.47. The fraction of sp³-hybridized carbons (Fsp3) is 0.474. The summed E-state index contributed by atoms with van der Waals surface area (Å²) in [6.45, 7) is 6.18. The summed E-state index contributed by atoms with van der Waals surface area (Å²) >= 11 is 0. The normalized spacial score (nSPS) is 18.9. The first-order chi connectivity index (χ1) is 11.8. The largest absolute Gasteiger partial charge is 0.355 e. The number of likely N-dealkylation sites (tertiary alicyclic amines) is 1. The van der Waals surface area contributed by atoms with Gasteiger partial charge in [0, 0.05) is 31.2 Å². The second-order valence-corrected chi connectivity index (χ2v) is 6.21. The third-order valence-electron chi connectivity index (χ3n) is 4.81. The van der Waals surface area contributed by atoms with Gasteiger partial charge in [0.05, 0.1) is 12.2 Å². The molecule has 3 rings (SSSR count). The van der Waals surface area contributed by atoms with Gasteiger partial charge in [-0.25, -0.2) is 0 Å². The molecule has 2 N–H and O–H groups in total. The molecule has 5 nitrogen and oxygen atoms in total. The van der Waals surface area contributed by atoms with E-state index in [-0.39, 0.29) is 0 Å². The maximum absolute atomic E-state index is 4.52. The summed E-state index contributed by atoms with van der Waals surface area (Å²) < 4.78 is 0. The van der Waals surface area contributed by atoms with E-state index in [4.69, 9.17) is 0 Å². The van der Waals surface area contributed by atoms with Gasteiger partial charge < -0.3 is 10.6 Å². The van der Waals surface area contributed by atoms with Gasteiger partial charge in [0.1, 0.15) is 0 Å². The van der Waals surface area contributed by atoms with Crippen LogP contribution >= 0.6 is 0 Å². The smallest absolute Gasteiger partial charge is 0.191 e. The highest BCUT2D eigenvalue weighted by molar-refractivity contribution is 5.85. The Kier molecular flexibility index (Phi) is 5.64. The molecule has 1 aromatic heterocycles. The molecule has 24 heavy (non-hydrogen) atoms. The zero-order valence-electron chi connectivity index (χ0n) is 14.6. The number of aromatic nitrogens is 1. The molecule has 1 aliphatic heterocycles. The van der Waals surface area contributed by atoms with Crippen molar-refractivity contribution in [3.8, 4) is 0 Å². The van der Waals surface area contributed by atoms with Crippen molar-refractivity contribution >= 4 is 16.7 Å². The van der Waals surface area contributed by atoms with E-state index in [1.54, 1.807) is 0 Å². The van der Waals surface area contributed by atoms with Crippen LogP contribution in [-0.2, 0) is 6.54 Å². The minimum atomic E-state index is 0.615. The van der Waals surface area contributed by atoms with E-state index in [1.807, 2.05) is 19.3 Å². The van der Waals surface area contributed by atoms with Gasteiger partial charge in [-0.15, -0.1) is 0 Å². The van der Waals surface area contributed by atoms with Crippen LogP contribution in [0.25, 0.3) is 10.8 Å². The van der Waals surface area contributed by atoms with Gasteiger partial charge in [-0.2, -0.15) is 0 Å². The lowest BCUT2D eigenvalue weighted by Gasteiger charge is -2.24. The van der Waals surface area contributed by atoms with Gasteiger partial charge in [0.2, 0.25) is 0 Å². The lowest BCUT2D eigenvalue weighted by atomic mass is 10.1. The first-order valence-electron chi connectivity index (χ1n) is 8.83. The summed E-state index contributed by atoms with van der Waals surface area (Å²) in [6.07, 6.45) is 4.43. The topological polar surface area (TPSA) is 52.5 Å². The first-order valence-corrected chi connectivity index (χ1v) is 8.83. The molecule has 1 saturated heterocycles. The highest BCUT2D eigenvalue weighted by atomic mass is 15.2. The molecule has 0 amide bonds. The van der Waals surface area contributed by atoms with E-state index in [1.165, 1.54) is 30.2 Å². The Bertz CT molecular complexity index is 692. The number of rotatable bonds is 5. The first kappa shape index (κ1) is 16.7. The summed E-state index contributed by atoms with van der Waals surface area (Å²) in [6, 6.07) is 11.0. The summed E-state index contributed by atoms with van der Waals surface area (Å²) in [5.74, 6) is 0.840. The molecule has 2 aromatic rings. The summed E-state index contributed by atoms with van der Waals surface area (Å²) in [5, 5.41) is 9.27. The van der Waals surface area contributed by atoms with Crippen molar-refractivity contribution in [2.24, 2.45) is 4.99 Å². The maximum atomic E-state index is 4.52. The third-order valence-corrected chi connectivity index (χ3v) is 4.81. The molecular weight excluding hydrogens is 298 g/mol. The molecule has 2 heterocycles. The summed E-state index contributed by atoms with van der Waals surface area (Å²) in [5.41, 5.74) is 1.05. The Morgan fingerprint density at radius 3 is 3.00 bits per heavy atom. The SMILES string of the molecule is CCN1CCCC1CNC(=NC)NCc1nccc2ccccc12. The van der Waals surface area contributed by atoms with Crippen molar-refractivity contribution in [3.63, 3.8) is 0 Å². The van der Waals surface area contributed by atoms with Crippen molar-refractivity contribution in [3.05, 3.63) is 42.2 Å². The van der Waals surface area contributed by atoms with Crippen LogP contribution in [0, 0.1) is 0 Å². The van der Waals surface area contributed by atoms with Crippen LogP contribution in [0.15, 0.2) is 41.5 Å². The lowest BCUT2D eigenvalue weighted by Crippen LogP contribution is -2.44. The second-order valence-electron chi connectivity index (χ2n) is 6.21. The molecule has 1 aliphatic rings. The van der Waals surface area contributed by atoms with Crippen LogP contribution < -0.4 is 10.6 Å². The third kappa shape index (κ3) is 3.85. The molecule has 128 valence electrons. The fourth-order valence-corrected chi connectivity index (χ4v) is 3.47. The quantitative estimate of drug-likeness (QED) is 0.655. The number of fused-ring (bicyclic) bond motifs is 1. The number of pyridine rings is 1. The highest BCUT2D eigenvalue weighted by Gasteiger charge is 2.22. The Morgan fingerprint density at radius 1 is 1.29 bits per heavy atom. The molecule has 0 bridgehead atoms. The molecule has 0 aliphatic carbocycles. The van der Waals surface area contributed by atoms with E-state index in [0.717, 1.165) is 24.7 Å². The minimum Gasteiger partial charge on any atom is -0.355 e. The van der Waals surface area contributed by atoms with E-state index in [0.29, 0.717) is 12.6 Å². The Labute approximate surface area is 144 Å². The summed E-state index contributed by atoms with van der Waals surface area (Å²) in [4.78, 5) is 11.4. The number of nitrogens with one attached hydrogen (secondary N) is 2. The average molecular weight is 325 g/mol. The molecule has 0 spiro atoms. The van der Waals surface area contributed by atoms with Gasteiger partial charge in [-0.1, -0.05) is 31.2 Å². The Balaban J connectivity index is 1.58. The number of nitrogens with zero attached hydrogens (tertiary/aromatic N) is 3. The molecule has 1 unspecified atom stereocenters. The minimum absolute atomic E-state index is 0.615. The Morgan fingerprint density at radius 2 is 2.17 bits per heavy atom. The number of benzene rings is 1. The van der Waals surface area contributed by atoms with Crippen molar-refractivity contribution in [2.45, 2.75) is 32.4 Å². The van der Waals surface area contributed by atoms with Gasteiger partial charge in [-0.05, 0) is 37.4 Å². The zero-order chi connectivity index (χ0) is 16.8. The van der Waals surface area contributed by atoms with Gasteiger partial charge in [0.15, 0.2) is 5.96 Å². The summed E-state index contributed by atoms with van der Waals surface area (Å²) in [7, 11) is 1.82. The number of hydrogen-bond donors (Lipinski definition) is 2. The molecule has 1 fully saturated rings. The number of guanidine groups is 1. The van der Waals surface area contributed by atoms with Crippen molar-refractivity contribution in [2.75, 3.05) is 26.7 Å². The van der Waals surface area contributed by atoms with Crippen molar-refractivity contribution < 1.29 is 0 Å². The zero-order valence-corrected chi connectivity index (χ0v) is 14.6. The van der Waals surface area contributed by atoms with Crippen LogP contribution in [-0.4, -0.2) is 48.6 Å². The van der Waals surface area contributed by atoms with Gasteiger partial charge >= 0.3 is 0 Å². The molecular formula is C19H27N5. The number of likely N-dealkylation sites (N-methyl/N-ethyl adjacent to an activating group) is 1. The molecule has 1 aromatic carbocycles. The maximum Gasteiger partial charge on any atom is 0.191 e. The second kappa shape index (κ2) is 8.11. The van der Waals surface area contributed by atoms with Crippen LogP contribution in [0.5, 0.6) is 0 Å². The van der Waals surface area contributed by atoms with Crippen LogP contribution in [0.3, 0.4) is 0 Å². The van der Waals surface area contributed by atoms with Crippen LogP contribution in [0.1, 0.15) is 25.5 Å². The predicted octanol–water partition coefficient (Wildman–Crippen LogP) is 2.38. The lowest BCUT2D eigenvalue weighted by molar-refractivity contribution is 0.267. The van der Waals surface area contributed by atoms with Crippen molar-refractivity contribution in [1.82, 2.24) is 20.5 Å². The number of aliphatic imine (C=N–C) groups is 1. The van der Waals surface area contributed by atoms with E-state index < -0.39 is 0 Å².